The van der Waals surface area contributed by atoms with Gasteiger partial charge >= 0.3 is 12.0 Å². The van der Waals surface area contributed by atoms with Crippen molar-refractivity contribution in [3.63, 3.8) is 0 Å². The zero-order chi connectivity index (χ0) is 21.4. The third-order valence-electron chi connectivity index (χ3n) is 4.72. The van der Waals surface area contributed by atoms with E-state index < -0.39 is 26.2 Å². The van der Waals surface area contributed by atoms with Crippen molar-refractivity contribution in [2.45, 2.75) is 50.9 Å². The first-order chi connectivity index (χ1) is 12.6. The summed E-state index contributed by atoms with van der Waals surface area (Å²) in [5.74, 6) is -4.67. The molecule has 0 aliphatic heterocycles. The van der Waals surface area contributed by atoms with Gasteiger partial charge in [-0.15, -0.1) is 0 Å². The van der Waals surface area contributed by atoms with Crippen molar-refractivity contribution < 1.29 is 32.2 Å². The molecule has 2 rings (SSSR count). The number of hydrogen-bond donors (Lipinski definition) is 2. The van der Waals surface area contributed by atoms with Crippen molar-refractivity contribution >= 4 is 20.5 Å². The van der Waals surface area contributed by atoms with Crippen LogP contribution in [0.3, 0.4) is 0 Å². The second-order valence-corrected chi connectivity index (χ2v) is 12.7. The highest BCUT2D eigenvalue weighted by molar-refractivity contribution is 6.74. The summed E-state index contributed by atoms with van der Waals surface area (Å²) in [6.45, 7) is 10.7. The average Bonchev–Trinajstić information content (AvgIpc) is 3.01. The smallest absolute Gasteiger partial charge is 0.453 e. The molecule has 1 aromatic carbocycles. The van der Waals surface area contributed by atoms with Gasteiger partial charge in [-0.3, -0.25) is 0 Å². The minimum atomic E-state index is -5.32. The number of aliphatic hydroxyl groups is 2. The molecular weight excluding hydrogens is 391 g/mol. The first-order valence-electron chi connectivity index (χ1n) is 8.58. The molecule has 0 bridgehead atoms. The molecule has 0 unspecified atom stereocenters. The van der Waals surface area contributed by atoms with Crippen molar-refractivity contribution in [1.82, 2.24) is 4.98 Å². The van der Waals surface area contributed by atoms with Crippen molar-refractivity contribution in [2.75, 3.05) is 0 Å². The zero-order valence-electron chi connectivity index (χ0n) is 16.3. The summed E-state index contributed by atoms with van der Waals surface area (Å²) >= 11 is 0. The molecule has 2 aromatic rings. The maximum Gasteiger partial charge on any atom is 0.453 e. The van der Waals surface area contributed by atoms with Crippen LogP contribution in [0.1, 0.15) is 38.0 Å². The molecule has 0 saturated carbocycles. The maximum atomic E-state index is 12.6. The van der Waals surface area contributed by atoms with E-state index in [2.05, 4.69) is 38.8 Å². The lowest BCUT2D eigenvalue weighted by molar-refractivity contribution is -0.366. The third-order valence-corrected chi connectivity index (χ3v) is 9.07. The van der Waals surface area contributed by atoms with Gasteiger partial charge in [-0.05, 0) is 41.9 Å². The van der Waals surface area contributed by atoms with Crippen LogP contribution in [0.5, 0.6) is 5.75 Å². The minimum Gasteiger partial charge on any atom is -0.544 e. The van der Waals surface area contributed by atoms with Gasteiger partial charge in [0.05, 0.1) is 6.20 Å². The Kier molecular flexibility index (Phi) is 5.85. The van der Waals surface area contributed by atoms with E-state index in [0.29, 0.717) is 0 Å². The Hall–Kier alpha value is -2.10. The molecule has 9 heteroatoms. The summed E-state index contributed by atoms with van der Waals surface area (Å²) in [7, 11) is -1.95. The van der Waals surface area contributed by atoms with Crippen molar-refractivity contribution in [3.05, 3.63) is 47.7 Å². The molecule has 28 heavy (non-hydrogen) atoms. The number of rotatable bonds is 5. The molecule has 1 aromatic heterocycles. The molecule has 1 heterocycles. The molecule has 0 aliphatic carbocycles. The van der Waals surface area contributed by atoms with Crippen LogP contribution >= 0.6 is 0 Å². The summed E-state index contributed by atoms with van der Waals surface area (Å²) in [6, 6.07) is 7.24. The molecule has 0 saturated heterocycles. The van der Waals surface area contributed by atoms with Crippen LogP contribution in [0.15, 0.2) is 34.9 Å². The lowest BCUT2D eigenvalue weighted by Gasteiger charge is -2.36. The van der Waals surface area contributed by atoms with Crippen LogP contribution < -0.4 is 4.43 Å². The first-order valence-corrected chi connectivity index (χ1v) is 11.5. The van der Waals surface area contributed by atoms with E-state index in [9.17, 15) is 13.2 Å². The second kappa shape index (κ2) is 7.38. The predicted molar refractivity (Wildman–Crippen MR) is 102 cm³/mol. The highest BCUT2D eigenvalue weighted by atomic mass is 28.4. The largest absolute Gasteiger partial charge is 0.544 e. The summed E-state index contributed by atoms with van der Waals surface area (Å²) in [6.07, 6.45) is -1.36. The summed E-state index contributed by atoms with van der Waals surface area (Å²) in [5.41, 5.74) is 0.760. The van der Waals surface area contributed by atoms with Gasteiger partial charge in [0, 0.05) is 0 Å². The van der Waals surface area contributed by atoms with E-state index >= 15 is 0 Å². The fourth-order valence-electron chi connectivity index (χ4n) is 1.92. The molecule has 0 aliphatic rings. The van der Waals surface area contributed by atoms with E-state index in [4.69, 9.17) is 19.1 Å². The Morgan fingerprint density at radius 2 is 1.61 bits per heavy atom. The molecule has 0 atom stereocenters. The van der Waals surface area contributed by atoms with Gasteiger partial charge in [0.15, 0.2) is 0 Å². The lowest BCUT2D eigenvalue weighted by atomic mass is 10.2. The highest BCUT2D eigenvalue weighted by Gasteiger charge is 2.58. The Morgan fingerprint density at radius 1 is 1.04 bits per heavy atom. The SMILES string of the molecule is CC(C)(C)[Si](C)(C)Oc1ccc(/C=C/c2cnc(C(O)(O)C(F)(F)F)o2)cc1. The van der Waals surface area contributed by atoms with Gasteiger partial charge in [-0.1, -0.05) is 39.0 Å². The monoisotopic (exact) mass is 415 g/mol. The third kappa shape index (κ3) is 4.84. The fourth-order valence-corrected chi connectivity index (χ4v) is 2.95. The Balaban J connectivity index is 2.10. The molecule has 0 fully saturated rings. The van der Waals surface area contributed by atoms with Gasteiger partial charge in [0.25, 0.3) is 5.89 Å². The normalized spacial score (nSPS) is 13.9. The highest BCUT2D eigenvalue weighted by Crippen LogP contribution is 2.38. The predicted octanol–water partition coefficient (Wildman–Crippen LogP) is 4.93. The summed E-state index contributed by atoms with van der Waals surface area (Å²) in [5, 5.41) is 18.4. The van der Waals surface area contributed by atoms with Crippen molar-refractivity contribution in [1.29, 1.82) is 0 Å². The fraction of sp³-hybridized carbons (Fsp3) is 0.421. The Bertz CT molecular complexity index is 834. The topological polar surface area (TPSA) is 75.7 Å². The van der Waals surface area contributed by atoms with E-state index in [1.54, 1.807) is 18.2 Å². The van der Waals surface area contributed by atoms with Crippen LogP contribution in [0.4, 0.5) is 13.2 Å². The molecule has 5 nitrogen and oxygen atoms in total. The summed E-state index contributed by atoms with van der Waals surface area (Å²) in [4.78, 5) is 3.29. The standard InChI is InChI=1S/C19H24F3NO4Si/c1-17(2,3)28(4,5)27-14-9-6-13(7-10-14)8-11-15-12-23-16(26-15)18(24,25)19(20,21)22/h6-12,24-25H,1-5H3/b11-8+. The number of hydrogen-bond acceptors (Lipinski definition) is 5. The van der Waals surface area contributed by atoms with Gasteiger partial charge in [-0.25, -0.2) is 4.98 Å². The van der Waals surface area contributed by atoms with Crippen molar-refractivity contribution in [2.24, 2.45) is 0 Å². The Morgan fingerprint density at radius 3 is 2.11 bits per heavy atom. The lowest BCUT2D eigenvalue weighted by Crippen LogP contribution is -2.43. The average molecular weight is 415 g/mol. The van der Waals surface area contributed by atoms with Crippen LogP contribution in [0, 0.1) is 0 Å². The number of benzene rings is 1. The van der Waals surface area contributed by atoms with E-state index in [1.807, 2.05) is 12.1 Å². The number of halogens is 3. The molecular formula is C19H24F3NO4Si. The number of aromatic nitrogens is 1. The van der Waals surface area contributed by atoms with Crippen LogP contribution in [-0.4, -0.2) is 29.7 Å². The zero-order valence-corrected chi connectivity index (χ0v) is 17.3. The van der Waals surface area contributed by atoms with Gasteiger partial charge in [0.1, 0.15) is 11.5 Å². The van der Waals surface area contributed by atoms with E-state index in [-0.39, 0.29) is 10.8 Å². The maximum absolute atomic E-state index is 12.6. The molecule has 154 valence electrons. The summed E-state index contributed by atoms with van der Waals surface area (Å²) < 4.78 is 48.7. The molecule has 0 amide bonds. The number of nitrogens with zero attached hydrogens (tertiary/aromatic N) is 1. The minimum absolute atomic E-state index is 0.0478. The number of alkyl halides is 3. The molecule has 0 radical (unpaired) electrons. The van der Waals surface area contributed by atoms with Gasteiger partial charge in [-0.2, -0.15) is 13.2 Å². The van der Waals surface area contributed by atoms with Crippen LogP contribution in [0.25, 0.3) is 12.2 Å². The van der Waals surface area contributed by atoms with E-state index in [1.165, 1.54) is 6.08 Å². The van der Waals surface area contributed by atoms with Crippen molar-refractivity contribution in [3.8, 4) is 5.75 Å². The van der Waals surface area contributed by atoms with Gasteiger partial charge < -0.3 is 19.1 Å². The second-order valence-electron chi connectivity index (χ2n) is 8.00. The molecule has 2 N–H and O–H groups in total. The van der Waals surface area contributed by atoms with Gasteiger partial charge in [0.2, 0.25) is 8.32 Å². The Labute approximate surface area is 162 Å². The van der Waals surface area contributed by atoms with Crippen LogP contribution in [-0.2, 0) is 5.79 Å². The van der Waals surface area contributed by atoms with E-state index in [0.717, 1.165) is 17.5 Å². The van der Waals surface area contributed by atoms with Crippen LogP contribution in [0.2, 0.25) is 18.1 Å². The first kappa shape index (κ1) is 22.2. The molecule has 0 spiro atoms. The number of oxazole rings is 1. The quantitative estimate of drug-likeness (QED) is 0.535.